The molecule has 1 aromatic rings. The van der Waals surface area contributed by atoms with Crippen LogP contribution in [0, 0.1) is 0 Å². The molecule has 1 rings (SSSR count). The van der Waals surface area contributed by atoms with Crippen molar-refractivity contribution < 1.29 is 17.7 Å². The summed E-state index contributed by atoms with van der Waals surface area (Å²) >= 11 is 5.33. The molecule has 0 aromatic carbocycles. The fourth-order valence-electron chi connectivity index (χ4n) is 0.604. The summed E-state index contributed by atoms with van der Waals surface area (Å²) in [5.41, 5.74) is 0. The highest BCUT2D eigenvalue weighted by molar-refractivity contribution is 6.30. The van der Waals surface area contributed by atoms with E-state index in [-0.39, 0.29) is 9.59 Å². The second kappa shape index (κ2) is 2.70. The van der Waals surface area contributed by atoms with Crippen molar-refractivity contribution in [3.8, 4) is 0 Å². The normalized spacial score (nSPS) is 11.6. The summed E-state index contributed by atoms with van der Waals surface area (Å²) < 4.78 is 35.7. The van der Waals surface area contributed by atoms with E-state index in [4.69, 9.17) is 11.6 Å². The van der Waals surface area contributed by atoms with Crippen LogP contribution in [0.5, 0.6) is 0 Å². The predicted octanol–water partition coefficient (Wildman–Crippen LogP) is 2.10. The lowest BCUT2D eigenvalue weighted by Crippen LogP contribution is -2.46. The Morgan fingerprint density at radius 3 is 2.36 bits per heavy atom. The lowest BCUT2D eigenvalue weighted by Gasteiger charge is -1.97. The van der Waals surface area contributed by atoms with Crippen molar-refractivity contribution in [1.82, 2.24) is 0 Å². The van der Waals surface area contributed by atoms with Gasteiger partial charge < -0.3 is 0 Å². The van der Waals surface area contributed by atoms with Crippen LogP contribution >= 0.6 is 11.6 Å². The van der Waals surface area contributed by atoms with Gasteiger partial charge in [0, 0.05) is 6.07 Å². The molecule has 11 heavy (non-hydrogen) atoms. The first kappa shape index (κ1) is 8.33. The Labute approximate surface area is 66.0 Å². The quantitative estimate of drug-likeness (QED) is 0.541. The molecule has 0 saturated carbocycles. The van der Waals surface area contributed by atoms with Crippen LogP contribution in [0.3, 0.4) is 0 Å². The van der Waals surface area contributed by atoms with E-state index in [0.29, 0.717) is 0 Å². The third kappa shape index (κ3) is 2.08. The van der Waals surface area contributed by atoms with Crippen LogP contribution in [0.2, 0.25) is 5.02 Å². The fourth-order valence-corrected chi connectivity index (χ4v) is 0.782. The van der Waals surface area contributed by atoms with Crippen LogP contribution in [0.4, 0.5) is 13.2 Å². The van der Waals surface area contributed by atoms with Gasteiger partial charge in [0.2, 0.25) is 0 Å². The highest BCUT2D eigenvalue weighted by Crippen LogP contribution is 2.14. The van der Waals surface area contributed by atoms with Gasteiger partial charge >= 0.3 is 6.30 Å². The molecular weight excluding hydrogens is 179 g/mol. The molecule has 1 heterocycles. The minimum absolute atomic E-state index is 0.0600. The van der Waals surface area contributed by atoms with E-state index < -0.39 is 6.30 Å². The maximum absolute atomic E-state index is 11.9. The summed E-state index contributed by atoms with van der Waals surface area (Å²) in [6, 6.07) is 2.61. The number of halogens is 4. The molecule has 0 aliphatic rings. The van der Waals surface area contributed by atoms with Crippen molar-refractivity contribution in [1.29, 1.82) is 0 Å². The minimum Gasteiger partial charge on any atom is -0.107 e. The molecule has 60 valence electrons. The van der Waals surface area contributed by atoms with Gasteiger partial charge in [0.25, 0.3) is 0 Å². The van der Waals surface area contributed by atoms with Crippen LogP contribution in [-0.2, 0) is 6.30 Å². The number of rotatable bonds is 0. The zero-order valence-electron chi connectivity index (χ0n) is 5.27. The fraction of sp³-hybridized carbons (Fsp3) is 0.167. The van der Waals surface area contributed by atoms with Crippen LogP contribution < -0.4 is 4.57 Å². The van der Waals surface area contributed by atoms with E-state index in [2.05, 4.69) is 0 Å². The molecule has 0 bridgehead atoms. The van der Waals surface area contributed by atoms with E-state index >= 15 is 0 Å². The zero-order chi connectivity index (χ0) is 8.48. The topological polar surface area (TPSA) is 3.88 Å². The number of hydrogen-bond acceptors (Lipinski definition) is 0. The summed E-state index contributed by atoms with van der Waals surface area (Å²) in [6.45, 7) is 0. The Bertz CT molecular complexity index is 258. The molecule has 0 radical (unpaired) electrons. The second-order valence-corrected chi connectivity index (χ2v) is 2.33. The van der Waals surface area contributed by atoms with Gasteiger partial charge in [-0.05, 0) is 6.07 Å². The average molecular weight is 183 g/mol. The van der Waals surface area contributed by atoms with Crippen LogP contribution in [0.1, 0.15) is 0 Å². The summed E-state index contributed by atoms with van der Waals surface area (Å²) in [6.07, 6.45) is -2.68. The maximum atomic E-state index is 11.9. The van der Waals surface area contributed by atoms with Gasteiger partial charge in [0.1, 0.15) is 5.02 Å². The largest absolute Gasteiger partial charge is 0.638 e. The van der Waals surface area contributed by atoms with Crippen molar-refractivity contribution in [2.75, 3.05) is 0 Å². The number of nitrogens with zero attached hydrogens (tertiary/aromatic N) is 1. The van der Waals surface area contributed by atoms with E-state index in [9.17, 15) is 13.2 Å². The van der Waals surface area contributed by atoms with Gasteiger partial charge in [-0.25, -0.2) is 0 Å². The van der Waals surface area contributed by atoms with E-state index in [1.54, 1.807) is 0 Å². The van der Waals surface area contributed by atoms with Crippen molar-refractivity contribution in [3.63, 3.8) is 0 Å². The Hall–Kier alpha value is -0.770. The second-order valence-electron chi connectivity index (χ2n) is 1.90. The summed E-state index contributed by atoms with van der Waals surface area (Å²) in [5.74, 6) is 0. The molecule has 5 heteroatoms. The van der Waals surface area contributed by atoms with Gasteiger partial charge in [-0.1, -0.05) is 11.6 Å². The first-order valence-electron chi connectivity index (χ1n) is 2.74. The summed E-state index contributed by atoms with van der Waals surface area (Å²) in [4.78, 5) is 0. The smallest absolute Gasteiger partial charge is 0.107 e. The number of pyridine rings is 1. The van der Waals surface area contributed by atoms with Crippen molar-refractivity contribution in [3.05, 3.63) is 29.5 Å². The third-order valence-electron chi connectivity index (χ3n) is 1.06. The molecule has 1 aromatic heterocycles. The number of alkyl halides is 3. The number of hydrogen-bond donors (Lipinski definition) is 0. The van der Waals surface area contributed by atoms with Crippen molar-refractivity contribution in [2.45, 2.75) is 6.30 Å². The maximum Gasteiger partial charge on any atom is 0.638 e. The van der Waals surface area contributed by atoms with Gasteiger partial charge in [-0.15, -0.1) is 17.7 Å². The Morgan fingerprint density at radius 2 is 2.00 bits per heavy atom. The van der Waals surface area contributed by atoms with Gasteiger partial charge in [0.05, 0.1) is 0 Å². The molecule has 0 N–H and O–H groups in total. The molecule has 0 amide bonds. The van der Waals surface area contributed by atoms with Crippen LogP contribution in [-0.4, -0.2) is 0 Å². The molecular formula is C6H4ClF3N+. The molecule has 0 atom stereocenters. The molecule has 0 fully saturated rings. The highest BCUT2D eigenvalue weighted by atomic mass is 35.5. The SMILES string of the molecule is FC(F)(F)[n+]1cccc(Cl)c1. The molecule has 0 saturated heterocycles. The minimum atomic E-state index is -4.38. The van der Waals surface area contributed by atoms with Crippen molar-refractivity contribution in [2.24, 2.45) is 0 Å². The van der Waals surface area contributed by atoms with Crippen LogP contribution in [0.25, 0.3) is 0 Å². The van der Waals surface area contributed by atoms with E-state index in [1.807, 2.05) is 0 Å². The lowest BCUT2D eigenvalue weighted by molar-refractivity contribution is -0.854. The zero-order valence-corrected chi connectivity index (χ0v) is 6.02. The Balaban J connectivity index is 3.06. The number of aromatic nitrogens is 1. The third-order valence-corrected chi connectivity index (χ3v) is 1.28. The van der Waals surface area contributed by atoms with Gasteiger partial charge in [0.15, 0.2) is 12.4 Å². The highest BCUT2D eigenvalue weighted by Gasteiger charge is 2.41. The van der Waals surface area contributed by atoms with Gasteiger partial charge in [-0.3, -0.25) is 0 Å². The average Bonchev–Trinajstić information content (AvgIpc) is 1.86. The molecule has 0 aliphatic carbocycles. The van der Waals surface area contributed by atoms with E-state index in [0.717, 1.165) is 12.4 Å². The molecule has 1 nitrogen and oxygen atoms in total. The van der Waals surface area contributed by atoms with E-state index in [1.165, 1.54) is 12.1 Å². The molecule has 0 aliphatic heterocycles. The van der Waals surface area contributed by atoms with Crippen molar-refractivity contribution >= 4 is 11.6 Å². The van der Waals surface area contributed by atoms with Gasteiger partial charge in [-0.2, -0.15) is 0 Å². The summed E-state index contributed by atoms with van der Waals surface area (Å²) in [5, 5.41) is 0.0600. The lowest BCUT2D eigenvalue weighted by atomic mass is 10.5. The first-order valence-corrected chi connectivity index (χ1v) is 3.12. The molecule has 0 spiro atoms. The Morgan fingerprint density at radius 1 is 1.36 bits per heavy atom. The Kier molecular flexibility index (Phi) is 2.04. The first-order chi connectivity index (χ1) is 5.00. The van der Waals surface area contributed by atoms with Crippen LogP contribution in [0.15, 0.2) is 24.5 Å². The summed E-state index contributed by atoms with van der Waals surface area (Å²) in [7, 11) is 0. The monoisotopic (exact) mass is 182 g/mol. The standard InChI is InChI=1S/C6H4ClF3N/c7-5-2-1-3-11(4-5)6(8,9)10/h1-4H/q+1. The molecule has 0 unspecified atom stereocenters. The predicted molar refractivity (Wildman–Crippen MR) is 32.9 cm³/mol.